The summed E-state index contributed by atoms with van der Waals surface area (Å²) in [4.78, 5) is 19.7. The number of aromatic amines is 1. The molecule has 0 radical (unpaired) electrons. The van der Waals surface area contributed by atoms with Crippen LogP contribution >= 0.6 is 0 Å². The minimum atomic E-state index is -0.332. The lowest BCUT2D eigenvalue weighted by atomic mass is 9.83. The predicted octanol–water partition coefficient (Wildman–Crippen LogP) is 2.01. The van der Waals surface area contributed by atoms with Gasteiger partial charge in [-0.3, -0.25) is 9.89 Å². The monoisotopic (exact) mass is 368 g/mol. The minimum Gasteiger partial charge on any atom is -0.480 e. The van der Waals surface area contributed by atoms with Gasteiger partial charge in [-0.15, -0.1) is 0 Å². The third kappa shape index (κ3) is 2.64. The van der Waals surface area contributed by atoms with Crippen molar-refractivity contribution in [3.8, 4) is 5.88 Å². The first-order valence-corrected chi connectivity index (χ1v) is 9.73. The van der Waals surface area contributed by atoms with Crippen molar-refractivity contribution >= 4 is 5.91 Å². The molecule has 1 aliphatic carbocycles. The molecule has 1 spiro atoms. The van der Waals surface area contributed by atoms with Gasteiger partial charge in [-0.25, -0.2) is 4.98 Å². The fourth-order valence-electron chi connectivity index (χ4n) is 4.72. The van der Waals surface area contributed by atoms with Gasteiger partial charge in [0, 0.05) is 18.8 Å². The quantitative estimate of drug-likeness (QED) is 0.877. The lowest BCUT2D eigenvalue weighted by Crippen LogP contribution is -2.48. The van der Waals surface area contributed by atoms with Gasteiger partial charge in [-0.05, 0) is 55.7 Å². The molecule has 1 N–H and O–H groups in total. The summed E-state index contributed by atoms with van der Waals surface area (Å²) in [5.74, 6) is 0.454. The highest BCUT2D eigenvalue weighted by atomic mass is 16.5. The number of likely N-dealkylation sites (tertiary alicyclic amines) is 1. The number of carbonyl (C=O) groups excluding carboxylic acids is 1. The Hall–Kier alpha value is -2.41. The van der Waals surface area contributed by atoms with E-state index in [4.69, 9.17) is 9.47 Å². The molecule has 2 aromatic rings. The molecule has 7 nitrogen and oxygen atoms in total. The van der Waals surface area contributed by atoms with E-state index < -0.39 is 0 Å². The highest BCUT2D eigenvalue weighted by molar-refractivity contribution is 5.96. The summed E-state index contributed by atoms with van der Waals surface area (Å²) >= 11 is 0. The Kier molecular flexibility index (Phi) is 3.93. The fraction of sp³-hybridized carbons (Fsp3) is 0.550. The first kappa shape index (κ1) is 16.7. The number of piperidine rings is 1. The van der Waals surface area contributed by atoms with Crippen LogP contribution in [-0.4, -0.2) is 52.8 Å². The number of nitrogens with zero attached hydrogens (tertiary/aromatic N) is 3. The zero-order valence-electron chi connectivity index (χ0n) is 15.6. The highest BCUT2D eigenvalue weighted by Crippen LogP contribution is 2.40. The van der Waals surface area contributed by atoms with Gasteiger partial charge >= 0.3 is 0 Å². The van der Waals surface area contributed by atoms with Crippen LogP contribution < -0.4 is 4.74 Å². The van der Waals surface area contributed by atoms with Gasteiger partial charge < -0.3 is 14.4 Å². The molecule has 0 unspecified atom stereocenters. The molecular weight excluding hydrogens is 344 g/mol. The molecule has 0 aromatic carbocycles. The van der Waals surface area contributed by atoms with E-state index >= 15 is 0 Å². The predicted molar refractivity (Wildman–Crippen MR) is 97.9 cm³/mol. The number of hydrogen-bond donors (Lipinski definition) is 1. The summed E-state index contributed by atoms with van der Waals surface area (Å²) in [7, 11) is 1.58. The number of fused-ring (bicyclic) bond motifs is 3. The lowest BCUT2D eigenvalue weighted by molar-refractivity contribution is -0.0962. The molecule has 1 amide bonds. The van der Waals surface area contributed by atoms with Gasteiger partial charge in [-0.2, -0.15) is 5.10 Å². The number of rotatable bonds is 2. The van der Waals surface area contributed by atoms with Crippen molar-refractivity contribution in [1.82, 2.24) is 20.1 Å². The third-order valence-electron chi connectivity index (χ3n) is 6.22. The van der Waals surface area contributed by atoms with E-state index in [1.54, 1.807) is 7.11 Å². The van der Waals surface area contributed by atoms with Crippen molar-refractivity contribution in [2.24, 2.45) is 0 Å². The molecular formula is C20H24N4O3. The van der Waals surface area contributed by atoms with Crippen LogP contribution in [0.4, 0.5) is 0 Å². The number of nitrogens with one attached hydrogen (secondary N) is 1. The number of ether oxygens (including phenoxy) is 2. The maximum Gasteiger partial charge on any atom is 0.259 e. The average Bonchev–Trinajstić information content (AvgIpc) is 3.36. The SMILES string of the molecule is COc1nc2c(cc1C(=O)N1CCC3(CC1)OCCc1cn[nH]c13)CCC2. The normalized spacial score (nSPS) is 20.4. The molecule has 0 saturated carbocycles. The lowest BCUT2D eigenvalue weighted by Gasteiger charge is -2.43. The van der Waals surface area contributed by atoms with Crippen molar-refractivity contribution in [1.29, 1.82) is 0 Å². The number of pyridine rings is 1. The van der Waals surface area contributed by atoms with Crippen LogP contribution in [0, 0.1) is 0 Å². The molecule has 142 valence electrons. The van der Waals surface area contributed by atoms with E-state index in [1.807, 2.05) is 17.2 Å². The molecule has 27 heavy (non-hydrogen) atoms. The van der Waals surface area contributed by atoms with Gasteiger partial charge in [0.05, 0.1) is 25.6 Å². The Balaban J connectivity index is 1.37. The summed E-state index contributed by atoms with van der Waals surface area (Å²) in [5.41, 5.74) is 4.85. The van der Waals surface area contributed by atoms with E-state index in [2.05, 4.69) is 15.2 Å². The van der Waals surface area contributed by atoms with E-state index in [0.717, 1.165) is 49.9 Å². The van der Waals surface area contributed by atoms with E-state index in [0.29, 0.717) is 31.1 Å². The zero-order chi connectivity index (χ0) is 18.4. The molecule has 7 heteroatoms. The van der Waals surface area contributed by atoms with Gasteiger partial charge in [0.25, 0.3) is 5.91 Å². The van der Waals surface area contributed by atoms with Gasteiger partial charge in [0.15, 0.2) is 0 Å². The topological polar surface area (TPSA) is 80.3 Å². The van der Waals surface area contributed by atoms with Gasteiger partial charge in [0.1, 0.15) is 11.2 Å². The first-order valence-electron chi connectivity index (χ1n) is 9.73. The Morgan fingerprint density at radius 1 is 1.26 bits per heavy atom. The zero-order valence-corrected chi connectivity index (χ0v) is 15.6. The Bertz CT molecular complexity index is 883. The van der Waals surface area contributed by atoms with E-state index in [-0.39, 0.29) is 11.5 Å². The van der Waals surface area contributed by atoms with Crippen molar-refractivity contribution in [2.75, 3.05) is 26.8 Å². The highest BCUT2D eigenvalue weighted by Gasteiger charge is 2.43. The summed E-state index contributed by atoms with van der Waals surface area (Å²) in [6.45, 7) is 2.01. The number of aryl methyl sites for hydroxylation is 2. The molecule has 2 aromatic heterocycles. The van der Waals surface area contributed by atoms with Crippen molar-refractivity contribution in [3.05, 3.63) is 40.3 Å². The number of methoxy groups -OCH3 is 1. The Morgan fingerprint density at radius 2 is 2.11 bits per heavy atom. The maximum atomic E-state index is 13.2. The van der Waals surface area contributed by atoms with Gasteiger partial charge in [0.2, 0.25) is 5.88 Å². The van der Waals surface area contributed by atoms with Crippen LogP contribution in [-0.2, 0) is 29.6 Å². The molecule has 0 bridgehead atoms. The van der Waals surface area contributed by atoms with Crippen LogP contribution in [0.5, 0.6) is 5.88 Å². The van der Waals surface area contributed by atoms with E-state index in [9.17, 15) is 4.79 Å². The first-order chi connectivity index (χ1) is 13.2. The molecule has 1 saturated heterocycles. The molecule has 2 aliphatic heterocycles. The van der Waals surface area contributed by atoms with E-state index in [1.165, 1.54) is 11.1 Å². The number of H-pyrrole nitrogens is 1. The largest absolute Gasteiger partial charge is 0.480 e. The molecule has 3 aliphatic rings. The number of amides is 1. The number of carbonyl (C=O) groups is 1. The number of aromatic nitrogens is 3. The minimum absolute atomic E-state index is 0.00421. The average molecular weight is 368 g/mol. The smallest absolute Gasteiger partial charge is 0.259 e. The second-order valence-corrected chi connectivity index (χ2v) is 7.66. The van der Waals surface area contributed by atoms with Crippen LogP contribution in [0.1, 0.15) is 52.1 Å². The van der Waals surface area contributed by atoms with Gasteiger partial charge in [-0.1, -0.05) is 0 Å². The van der Waals surface area contributed by atoms with Crippen molar-refractivity contribution < 1.29 is 14.3 Å². The molecule has 0 atom stereocenters. The third-order valence-corrected chi connectivity index (χ3v) is 6.22. The Labute approximate surface area is 158 Å². The Morgan fingerprint density at radius 3 is 2.93 bits per heavy atom. The summed E-state index contributed by atoms with van der Waals surface area (Å²) < 4.78 is 11.6. The standard InChI is InChI=1S/C20H24N4O3/c1-26-18-15(11-13-3-2-4-16(13)22-18)19(25)24-8-6-20(7-9-24)17-14(5-10-27-20)12-21-23-17/h11-12H,2-10H2,1H3,(H,21,23). The second-order valence-electron chi connectivity index (χ2n) is 7.66. The molecule has 4 heterocycles. The van der Waals surface area contributed by atoms with Crippen molar-refractivity contribution in [3.63, 3.8) is 0 Å². The molecule has 5 rings (SSSR count). The molecule has 1 fully saturated rings. The van der Waals surface area contributed by atoms with Crippen LogP contribution in [0.2, 0.25) is 0 Å². The van der Waals surface area contributed by atoms with Crippen LogP contribution in [0.25, 0.3) is 0 Å². The van der Waals surface area contributed by atoms with Crippen LogP contribution in [0.3, 0.4) is 0 Å². The van der Waals surface area contributed by atoms with Crippen LogP contribution in [0.15, 0.2) is 12.3 Å². The summed E-state index contributed by atoms with van der Waals surface area (Å²) in [6.07, 6.45) is 7.40. The van der Waals surface area contributed by atoms with Crippen molar-refractivity contribution in [2.45, 2.75) is 44.1 Å². The summed E-state index contributed by atoms with van der Waals surface area (Å²) in [6, 6.07) is 1.99. The number of hydrogen-bond acceptors (Lipinski definition) is 5. The fourth-order valence-corrected chi connectivity index (χ4v) is 4.72. The summed E-state index contributed by atoms with van der Waals surface area (Å²) in [5, 5.41) is 7.33. The second kappa shape index (κ2) is 6.34. The maximum absolute atomic E-state index is 13.2.